The molecule has 18 heavy (non-hydrogen) atoms. The molecule has 1 aliphatic rings. The van der Waals surface area contributed by atoms with E-state index in [9.17, 15) is 0 Å². The van der Waals surface area contributed by atoms with E-state index in [2.05, 4.69) is 17.1 Å². The number of hydrogen-bond donors (Lipinski definition) is 1. The highest BCUT2D eigenvalue weighted by molar-refractivity contribution is 5.92. The third-order valence-corrected chi connectivity index (χ3v) is 3.73. The van der Waals surface area contributed by atoms with E-state index < -0.39 is 0 Å². The van der Waals surface area contributed by atoms with E-state index in [1.165, 1.54) is 22.2 Å². The number of aromatic nitrogens is 1. The lowest BCUT2D eigenvalue weighted by Gasteiger charge is -2.10. The first kappa shape index (κ1) is 9.83. The molecule has 3 aromatic rings. The predicted molar refractivity (Wildman–Crippen MR) is 70.0 cm³/mol. The lowest BCUT2D eigenvalue weighted by molar-refractivity contribution is 0.415. The number of nitrogens with one attached hydrogen (secondary N) is 1. The minimum atomic E-state index is 0.905. The fourth-order valence-corrected chi connectivity index (χ4v) is 2.84. The number of aryl methyl sites for hydroxylation is 2. The molecule has 0 radical (unpaired) electrons. The van der Waals surface area contributed by atoms with E-state index in [0.717, 1.165) is 29.9 Å². The molecule has 0 atom stereocenters. The normalized spacial score (nSPS) is 13.4. The Bertz CT molecular complexity index is 736. The fraction of sp³-hybridized carbons (Fsp3) is 0.200. The summed E-state index contributed by atoms with van der Waals surface area (Å²) in [6.45, 7) is 0. The first-order chi connectivity index (χ1) is 8.86. The maximum absolute atomic E-state index is 5.51. The Morgan fingerprint density at radius 2 is 2.17 bits per heavy atom. The zero-order valence-electron chi connectivity index (χ0n) is 10.1. The average molecular weight is 239 g/mol. The third kappa shape index (κ3) is 1.19. The van der Waals surface area contributed by atoms with Crippen LogP contribution in [0.25, 0.3) is 22.2 Å². The second-order valence-corrected chi connectivity index (χ2v) is 4.65. The van der Waals surface area contributed by atoms with Gasteiger partial charge in [-0.3, -0.25) is 0 Å². The molecule has 0 saturated heterocycles. The summed E-state index contributed by atoms with van der Waals surface area (Å²) in [6.07, 6.45) is 3.76. The Morgan fingerprint density at radius 1 is 1.22 bits per heavy atom. The van der Waals surface area contributed by atoms with E-state index in [1.54, 1.807) is 13.4 Å². The van der Waals surface area contributed by atoms with Crippen molar-refractivity contribution in [2.24, 2.45) is 0 Å². The first-order valence-corrected chi connectivity index (χ1v) is 6.12. The molecule has 3 nitrogen and oxygen atoms in total. The number of benzene rings is 1. The molecule has 1 N–H and O–H groups in total. The molecule has 2 aromatic heterocycles. The molecule has 0 unspecified atom stereocenters. The summed E-state index contributed by atoms with van der Waals surface area (Å²) in [5, 5.41) is 1.26. The van der Waals surface area contributed by atoms with Gasteiger partial charge in [0.15, 0.2) is 0 Å². The van der Waals surface area contributed by atoms with Crippen LogP contribution in [0.1, 0.15) is 11.3 Å². The van der Waals surface area contributed by atoms with Gasteiger partial charge in [0, 0.05) is 22.9 Å². The predicted octanol–water partition coefficient (Wildman–Crippen LogP) is 3.54. The molecule has 2 heterocycles. The van der Waals surface area contributed by atoms with Crippen molar-refractivity contribution in [3.8, 4) is 17.0 Å². The van der Waals surface area contributed by atoms with Crippen LogP contribution in [-0.2, 0) is 12.8 Å². The molecule has 0 saturated carbocycles. The summed E-state index contributed by atoms with van der Waals surface area (Å²) in [6, 6.07) is 8.21. The van der Waals surface area contributed by atoms with Gasteiger partial charge in [-0.15, -0.1) is 0 Å². The molecule has 3 heteroatoms. The minimum absolute atomic E-state index is 0.905. The Balaban J connectivity index is 2.04. The zero-order valence-corrected chi connectivity index (χ0v) is 10.1. The van der Waals surface area contributed by atoms with Gasteiger partial charge in [-0.1, -0.05) is 0 Å². The molecule has 0 amide bonds. The monoisotopic (exact) mass is 239 g/mol. The average Bonchev–Trinajstić information content (AvgIpc) is 3.01. The molecule has 0 bridgehead atoms. The van der Waals surface area contributed by atoms with Crippen LogP contribution in [0.5, 0.6) is 5.75 Å². The van der Waals surface area contributed by atoms with E-state index in [1.807, 2.05) is 12.1 Å². The second kappa shape index (κ2) is 3.42. The largest absolute Gasteiger partial charge is 0.497 e. The number of rotatable bonds is 1. The van der Waals surface area contributed by atoms with Gasteiger partial charge >= 0.3 is 0 Å². The van der Waals surface area contributed by atoms with E-state index >= 15 is 0 Å². The van der Waals surface area contributed by atoms with Gasteiger partial charge in [0.05, 0.1) is 19.1 Å². The molecule has 0 spiro atoms. The van der Waals surface area contributed by atoms with Gasteiger partial charge in [-0.25, -0.2) is 0 Å². The Kier molecular flexibility index (Phi) is 1.87. The molecule has 1 aromatic carbocycles. The SMILES string of the molecule is COc1ccc2[nH]c3c(c2c1)CCc1occc1-3. The summed E-state index contributed by atoms with van der Waals surface area (Å²) >= 11 is 0. The van der Waals surface area contributed by atoms with Crippen LogP contribution >= 0.6 is 0 Å². The molecule has 0 fully saturated rings. The topological polar surface area (TPSA) is 38.2 Å². The number of hydrogen-bond acceptors (Lipinski definition) is 2. The van der Waals surface area contributed by atoms with Crippen molar-refractivity contribution in [3.05, 3.63) is 41.9 Å². The van der Waals surface area contributed by atoms with Gasteiger partial charge in [-0.2, -0.15) is 0 Å². The van der Waals surface area contributed by atoms with Crippen LogP contribution < -0.4 is 4.74 Å². The number of fused-ring (bicyclic) bond motifs is 5. The van der Waals surface area contributed by atoms with Crippen molar-refractivity contribution in [1.29, 1.82) is 0 Å². The summed E-state index contributed by atoms with van der Waals surface area (Å²) in [5.41, 5.74) is 4.94. The molecular formula is C15H13NO2. The summed E-state index contributed by atoms with van der Waals surface area (Å²) in [7, 11) is 1.70. The molecular weight excluding hydrogens is 226 g/mol. The van der Waals surface area contributed by atoms with Crippen LogP contribution in [0.4, 0.5) is 0 Å². The fourth-order valence-electron chi connectivity index (χ4n) is 2.84. The molecule has 90 valence electrons. The molecule has 4 rings (SSSR count). The highest BCUT2D eigenvalue weighted by Crippen LogP contribution is 2.38. The van der Waals surface area contributed by atoms with Gasteiger partial charge in [0.1, 0.15) is 11.5 Å². The number of aromatic amines is 1. The lowest BCUT2D eigenvalue weighted by atomic mass is 9.94. The van der Waals surface area contributed by atoms with Crippen LogP contribution in [0.2, 0.25) is 0 Å². The molecule has 0 aliphatic heterocycles. The number of methoxy groups -OCH3 is 1. The maximum atomic E-state index is 5.51. The van der Waals surface area contributed by atoms with Crippen LogP contribution in [-0.4, -0.2) is 12.1 Å². The van der Waals surface area contributed by atoms with E-state index in [0.29, 0.717) is 0 Å². The highest BCUT2D eigenvalue weighted by Gasteiger charge is 2.22. The van der Waals surface area contributed by atoms with Crippen molar-refractivity contribution in [2.75, 3.05) is 7.11 Å². The molecule has 1 aliphatic carbocycles. The minimum Gasteiger partial charge on any atom is -0.497 e. The zero-order chi connectivity index (χ0) is 12.1. The van der Waals surface area contributed by atoms with Crippen molar-refractivity contribution < 1.29 is 9.15 Å². The van der Waals surface area contributed by atoms with Gasteiger partial charge < -0.3 is 14.1 Å². The number of H-pyrrole nitrogens is 1. The van der Waals surface area contributed by atoms with Gasteiger partial charge in [-0.05, 0) is 36.2 Å². The maximum Gasteiger partial charge on any atom is 0.119 e. The Morgan fingerprint density at radius 3 is 3.06 bits per heavy atom. The number of furan rings is 1. The van der Waals surface area contributed by atoms with Gasteiger partial charge in [0.2, 0.25) is 0 Å². The van der Waals surface area contributed by atoms with Gasteiger partial charge in [0.25, 0.3) is 0 Å². The quantitative estimate of drug-likeness (QED) is 0.705. The number of ether oxygens (including phenoxy) is 1. The highest BCUT2D eigenvalue weighted by atomic mass is 16.5. The van der Waals surface area contributed by atoms with Crippen LogP contribution in [0.15, 0.2) is 34.9 Å². The second-order valence-electron chi connectivity index (χ2n) is 4.65. The van der Waals surface area contributed by atoms with E-state index in [-0.39, 0.29) is 0 Å². The van der Waals surface area contributed by atoms with Crippen molar-refractivity contribution in [1.82, 2.24) is 4.98 Å². The van der Waals surface area contributed by atoms with Crippen molar-refractivity contribution >= 4 is 10.9 Å². The third-order valence-electron chi connectivity index (χ3n) is 3.73. The Labute approximate surface area is 104 Å². The summed E-state index contributed by atoms with van der Waals surface area (Å²) < 4.78 is 10.8. The van der Waals surface area contributed by atoms with Crippen molar-refractivity contribution in [2.45, 2.75) is 12.8 Å². The summed E-state index contributed by atoms with van der Waals surface area (Å²) in [4.78, 5) is 3.49. The Hall–Kier alpha value is -2.16. The standard InChI is InChI=1S/C15H13NO2/c1-17-9-2-4-13-12(8-9)10-3-5-14-11(6-7-18-14)15(10)16-13/h2,4,6-8,16H,3,5H2,1H3. The van der Waals surface area contributed by atoms with Crippen molar-refractivity contribution in [3.63, 3.8) is 0 Å². The van der Waals surface area contributed by atoms with Crippen LogP contribution in [0.3, 0.4) is 0 Å². The first-order valence-electron chi connectivity index (χ1n) is 6.12. The smallest absolute Gasteiger partial charge is 0.119 e. The lowest BCUT2D eigenvalue weighted by Crippen LogP contribution is -1.99. The van der Waals surface area contributed by atoms with Crippen LogP contribution in [0, 0.1) is 0 Å². The summed E-state index contributed by atoms with van der Waals surface area (Å²) in [5.74, 6) is 1.99. The van der Waals surface area contributed by atoms with E-state index in [4.69, 9.17) is 9.15 Å².